The summed E-state index contributed by atoms with van der Waals surface area (Å²) in [7, 11) is 0. The van der Waals surface area contributed by atoms with E-state index in [-0.39, 0.29) is 12.2 Å². The first-order chi connectivity index (χ1) is 9.79. The summed E-state index contributed by atoms with van der Waals surface area (Å²) in [4.78, 5) is 6.65. The van der Waals surface area contributed by atoms with Gasteiger partial charge in [-0.1, -0.05) is 0 Å². The van der Waals surface area contributed by atoms with E-state index in [0.29, 0.717) is 26.3 Å². The first-order valence-corrected chi connectivity index (χ1v) is 7.70. The van der Waals surface area contributed by atoms with Gasteiger partial charge in [0.1, 0.15) is 0 Å². The van der Waals surface area contributed by atoms with Crippen LogP contribution in [0.15, 0.2) is 4.99 Å². The molecule has 0 radical (unpaired) electrons. The molecule has 0 aromatic carbocycles. The van der Waals surface area contributed by atoms with Crippen molar-refractivity contribution in [1.29, 1.82) is 0 Å². The van der Waals surface area contributed by atoms with Gasteiger partial charge in [0.05, 0.1) is 32.0 Å². The van der Waals surface area contributed by atoms with Gasteiger partial charge in [0.15, 0.2) is 5.96 Å². The van der Waals surface area contributed by atoms with Crippen molar-refractivity contribution in [2.45, 2.75) is 38.4 Å². The predicted molar refractivity (Wildman–Crippen MR) is 78.0 cm³/mol. The van der Waals surface area contributed by atoms with Crippen molar-refractivity contribution in [2.24, 2.45) is 4.99 Å². The standard InChI is InChI=1S/C14H27N3O3/c1-2-15-14(17-7-5-12(18)10-17)16-6-9-19-11-13-4-3-8-20-13/h12-13,18H,2-11H2,1H3,(H,15,16)/t12-,13?/m1/s1. The molecular formula is C14H27N3O3. The Hall–Kier alpha value is -0.850. The molecule has 2 aliphatic heterocycles. The van der Waals surface area contributed by atoms with Crippen LogP contribution in [0.25, 0.3) is 0 Å². The summed E-state index contributed by atoms with van der Waals surface area (Å²) in [6, 6.07) is 0. The van der Waals surface area contributed by atoms with Gasteiger partial charge in [-0.2, -0.15) is 0 Å². The van der Waals surface area contributed by atoms with E-state index in [1.165, 1.54) is 0 Å². The molecule has 0 aromatic rings. The molecule has 2 atom stereocenters. The quantitative estimate of drug-likeness (QED) is 0.415. The zero-order chi connectivity index (χ0) is 14.2. The molecule has 0 bridgehead atoms. The minimum Gasteiger partial charge on any atom is -0.391 e. The molecule has 6 nitrogen and oxygen atoms in total. The zero-order valence-electron chi connectivity index (χ0n) is 12.4. The summed E-state index contributed by atoms with van der Waals surface area (Å²) in [6.45, 7) is 7.22. The lowest BCUT2D eigenvalue weighted by atomic mass is 10.2. The SMILES string of the molecule is CCNC(=NCCOCC1CCCO1)N1CC[C@@H](O)C1. The lowest BCUT2D eigenvalue weighted by molar-refractivity contribution is 0.0199. The molecule has 0 spiro atoms. The molecule has 0 amide bonds. The Balaban J connectivity index is 1.66. The maximum atomic E-state index is 9.58. The minimum atomic E-state index is -0.227. The van der Waals surface area contributed by atoms with Gasteiger partial charge in [-0.25, -0.2) is 0 Å². The van der Waals surface area contributed by atoms with Gasteiger partial charge in [-0.05, 0) is 26.2 Å². The van der Waals surface area contributed by atoms with E-state index in [2.05, 4.69) is 22.1 Å². The Morgan fingerprint density at radius 3 is 3.05 bits per heavy atom. The number of likely N-dealkylation sites (tertiary alicyclic amines) is 1. The topological polar surface area (TPSA) is 66.3 Å². The van der Waals surface area contributed by atoms with Crippen molar-refractivity contribution in [3.05, 3.63) is 0 Å². The minimum absolute atomic E-state index is 0.227. The number of aliphatic imine (C=N–C) groups is 1. The van der Waals surface area contributed by atoms with E-state index >= 15 is 0 Å². The third-order valence-corrected chi connectivity index (χ3v) is 3.62. The maximum Gasteiger partial charge on any atom is 0.194 e. The fourth-order valence-corrected chi connectivity index (χ4v) is 2.57. The molecule has 0 aliphatic carbocycles. The second-order valence-electron chi connectivity index (χ2n) is 5.33. The number of aliphatic hydroxyl groups is 1. The molecular weight excluding hydrogens is 258 g/mol. The van der Waals surface area contributed by atoms with Crippen LogP contribution >= 0.6 is 0 Å². The van der Waals surface area contributed by atoms with Crippen LogP contribution in [0.2, 0.25) is 0 Å². The molecule has 2 rings (SSSR count). The van der Waals surface area contributed by atoms with Crippen LogP contribution in [0.3, 0.4) is 0 Å². The van der Waals surface area contributed by atoms with E-state index in [1.807, 2.05) is 0 Å². The Labute approximate surface area is 121 Å². The van der Waals surface area contributed by atoms with Crippen LogP contribution in [-0.2, 0) is 9.47 Å². The van der Waals surface area contributed by atoms with Gasteiger partial charge >= 0.3 is 0 Å². The number of hydrogen-bond acceptors (Lipinski definition) is 4. The predicted octanol–water partition coefficient (Wildman–Crippen LogP) is 0.214. The number of guanidine groups is 1. The van der Waals surface area contributed by atoms with Gasteiger partial charge in [0.25, 0.3) is 0 Å². The first-order valence-electron chi connectivity index (χ1n) is 7.70. The summed E-state index contributed by atoms with van der Waals surface area (Å²) in [5, 5.41) is 12.8. The first kappa shape index (κ1) is 15.5. The summed E-state index contributed by atoms with van der Waals surface area (Å²) in [6.07, 6.45) is 3.13. The van der Waals surface area contributed by atoms with Crippen molar-refractivity contribution < 1.29 is 14.6 Å². The Morgan fingerprint density at radius 1 is 1.50 bits per heavy atom. The van der Waals surface area contributed by atoms with Crippen molar-refractivity contribution in [1.82, 2.24) is 10.2 Å². The largest absolute Gasteiger partial charge is 0.391 e. The number of nitrogens with zero attached hydrogens (tertiary/aromatic N) is 2. The van der Waals surface area contributed by atoms with E-state index in [0.717, 1.165) is 44.9 Å². The molecule has 116 valence electrons. The van der Waals surface area contributed by atoms with Crippen molar-refractivity contribution >= 4 is 5.96 Å². The van der Waals surface area contributed by atoms with Crippen LogP contribution in [0.4, 0.5) is 0 Å². The third-order valence-electron chi connectivity index (χ3n) is 3.62. The molecule has 0 aromatic heterocycles. The number of rotatable bonds is 6. The van der Waals surface area contributed by atoms with Gasteiger partial charge in [0.2, 0.25) is 0 Å². The Kier molecular flexibility index (Phi) is 6.56. The molecule has 20 heavy (non-hydrogen) atoms. The van der Waals surface area contributed by atoms with Crippen LogP contribution in [0, 0.1) is 0 Å². The van der Waals surface area contributed by atoms with Gasteiger partial charge in [-0.3, -0.25) is 4.99 Å². The van der Waals surface area contributed by atoms with E-state index < -0.39 is 0 Å². The fourth-order valence-electron chi connectivity index (χ4n) is 2.57. The molecule has 2 aliphatic rings. The average Bonchev–Trinajstić information content (AvgIpc) is 3.08. The number of aliphatic hydroxyl groups excluding tert-OH is 1. The number of hydrogen-bond donors (Lipinski definition) is 2. The highest BCUT2D eigenvalue weighted by molar-refractivity contribution is 5.80. The number of β-amino-alcohol motifs (C(OH)–C–C–N with tert-alkyl or cyclic N) is 1. The number of ether oxygens (including phenoxy) is 2. The summed E-state index contributed by atoms with van der Waals surface area (Å²) in [5.41, 5.74) is 0. The van der Waals surface area contributed by atoms with E-state index in [9.17, 15) is 5.11 Å². The lowest BCUT2D eigenvalue weighted by Gasteiger charge is -2.21. The smallest absolute Gasteiger partial charge is 0.194 e. The molecule has 0 saturated carbocycles. The van der Waals surface area contributed by atoms with Gasteiger partial charge in [0, 0.05) is 26.2 Å². The molecule has 1 unspecified atom stereocenters. The van der Waals surface area contributed by atoms with E-state index in [4.69, 9.17) is 9.47 Å². The zero-order valence-corrected chi connectivity index (χ0v) is 12.4. The molecule has 2 saturated heterocycles. The summed E-state index contributed by atoms with van der Waals surface area (Å²) in [5.74, 6) is 0.879. The molecule has 6 heteroatoms. The van der Waals surface area contributed by atoms with Crippen LogP contribution in [0.5, 0.6) is 0 Å². The Morgan fingerprint density at radius 2 is 2.40 bits per heavy atom. The van der Waals surface area contributed by atoms with Crippen LogP contribution in [-0.4, -0.2) is 74.2 Å². The van der Waals surface area contributed by atoms with Gasteiger partial charge in [-0.15, -0.1) is 0 Å². The fraction of sp³-hybridized carbons (Fsp3) is 0.929. The highest BCUT2D eigenvalue weighted by Crippen LogP contribution is 2.12. The van der Waals surface area contributed by atoms with Crippen molar-refractivity contribution in [3.63, 3.8) is 0 Å². The molecule has 2 N–H and O–H groups in total. The number of nitrogens with one attached hydrogen (secondary N) is 1. The monoisotopic (exact) mass is 285 g/mol. The van der Waals surface area contributed by atoms with Gasteiger partial charge < -0.3 is 24.8 Å². The van der Waals surface area contributed by atoms with Crippen LogP contribution < -0.4 is 5.32 Å². The highest BCUT2D eigenvalue weighted by Gasteiger charge is 2.22. The average molecular weight is 285 g/mol. The van der Waals surface area contributed by atoms with Crippen molar-refractivity contribution in [3.8, 4) is 0 Å². The second-order valence-corrected chi connectivity index (χ2v) is 5.33. The normalized spacial score (nSPS) is 27.3. The highest BCUT2D eigenvalue weighted by atomic mass is 16.5. The summed E-state index contributed by atoms with van der Waals surface area (Å²) >= 11 is 0. The third kappa shape index (κ3) is 4.92. The Bertz CT molecular complexity index is 306. The maximum absolute atomic E-state index is 9.58. The molecule has 2 fully saturated rings. The van der Waals surface area contributed by atoms with Crippen molar-refractivity contribution in [2.75, 3.05) is 46.0 Å². The lowest BCUT2D eigenvalue weighted by Crippen LogP contribution is -2.40. The molecule has 2 heterocycles. The second kappa shape index (κ2) is 8.44. The summed E-state index contributed by atoms with van der Waals surface area (Å²) < 4.78 is 11.1. The van der Waals surface area contributed by atoms with E-state index in [1.54, 1.807) is 0 Å². The van der Waals surface area contributed by atoms with Crippen LogP contribution in [0.1, 0.15) is 26.2 Å².